The molecule has 0 aliphatic heterocycles. The van der Waals surface area contributed by atoms with Crippen LogP contribution in [0.4, 0.5) is 0 Å². The summed E-state index contributed by atoms with van der Waals surface area (Å²) in [5.74, 6) is 0. The Morgan fingerprint density at radius 2 is 1.50 bits per heavy atom. The van der Waals surface area contributed by atoms with E-state index in [4.69, 9.17) is 9.47 Å². The lowest BCUT2D eigenvalue weighted by Gasteiger charge is -2.19. The lowest BCUT2D eigenvalue weighted by Crippen LogP contribution is -2.30. The number of hydrogen-bond acceptors (Lipinski definition) is 3. The van der Waals surface area contributed by atoms with Gasteiger partial charge in [0.1, 0.15) is 0 Å². The summed E-state index contributed by atoms with van der Waals surface area (Å²) < 4.78 is 9.73. The van der Waals surface area contributed by atoms with Gasteiger partial charge in [-0.2, -0.15) is 0 Å². The van der Waals surface area contributed by atoms with E-state index >= 15 is 0 Å². The van der Waals surface area contributed by atoms with Crippen molar-refractivity contribution in [3.8, 4) is 0 Å². The van der Waals surface area contributed by atoms with E-state index in [1.807, 2.05) is 19.0 Å². The molecule has 0 saturated carbocycles. The van der Waals surface area contributed by atoms with Gasteiger partial charge in [-0.15, -0.1) is 0 Å². The quantitative estimate of drug-likeness (QED) is 0.390. The Bertz CT molecular complexity index is 52.4. The van der Waals surface area contributed by atoms with E-state index < -0.39 is 0 Å². The number of rotatable bonds is 3. The van der Waals surface area contributed by atoms with E-state index in [1.54, 1.807) is 14.2 Å². The van der Waals surface area contributed by atoms with Crippen molar-refractivity contribution in [3.05, 3.63) is 0 Å². The van der Waals surface area contributed by atoms with Gasteiger partial charge in [-0.25, -0.2) is 0 Å². The number of ether oxygens (including phenoxy) is 2. The molecule has 3 heteroatoms. The SMILES string of the molecule is CO[13CH](OC)N(C)C. The lowest BCUT2D eigenvalue weighted by molar-refractivity contribution is -0.179. The molecule has 0 bridgehead atoms. The molecule has 0 aliphatic carbocycles. The summed E-state index contributed by atoms with van der Waals surface area (Å²) in [5, 5.41) is 0. The second-order valence-corrected chi connectivity index (χ2v) is 1.74. The van der Waals surface area contributed by atoms with Gasteiger partial charge in [0.15, 0.2) is 0 Å². The van der Waals surface area contributed by atoms with Crippen LogP contribution in [0.3, 0.4) is 0 Å². The van der Waals surface area contributed by atoms with Gasteiger partial charge in [0.2, 0.25) is 6.41 Å². The summed E-state index contributed by atoms with van der Waals surface area (Å²) in [6.07, 6.45) is -0.213. The fraction of sp³-hybridized carbons (Fsp3) is 1.00. The van der Waals surface area contributed by atoms with E-state index in [0.717, 1.165) is 0 Å². The van der Waals surface area contributed by atoms with Crippen LogP contribution in [0.25, 0.3) is 0 Å². The fourth-order valence-corrected chi connectivity index (χ4v) is 0.518. The highest BCUT2D eigenvalue weighted by molar-refractivity contribution is 4.33. The van der Waals surface area contributed by atoms with Crippen molar-refractivity contribution < 1.29 is 9.47 Å². The van der Waals surface area contributed by atoms with Crippen LogP contribution in [0.15, 0.2) is 0 Å². The first-order valence-electron chi connectivity index (χ1n) is 2.44. The van der Waals surface area contributed by atoms with Gasteiger partial charge in [0, 0.05) is 14.2 Å². The van der Waals surface area contributed by atoms with Gasteiger partial charge in [-0.3, -0.25) is 4.90 Å². The van der Waals surface area contributed by atoms with Crippen LogP contribution in [-0.4, -0.2) is 39.6 Å². The van der Waals surface area contributed by atoms with Crippen molar-refractivity contribution in [2.45, 2.75) is 6.41 Å². The first-order valence-corrected chi connectivity index (χ1v) is 2.44. The minimum absolute atomic E-state index is 0.213. The smallest absolute Gasteiger partial charge is 0.217 e. The Morgan fingerprint density at radius 3 is 1.50 bits per heavy atom. The predicted octanol–water partition coefficient (Wildman–Crippen LogP) is 0.124. The first-order chi connectivity index (χ1) is 3.72. The third kappa shape index (κ3) is 2.26. The molecule has 0 aromatic rings. The minimum atomic E-state index is -0.213. The second kappa shape index (κ2) is 3.83. The summed E-state index contributed by atoms with van der Waals surface area (Å²) in [5.41, 5.74) is 0. The average molecular weight is 120 g/mol. The number of methoxy groups -OCH3 is 2. The molecule has 0 heterocycles. The van der Waals surface area contributed by atoms with Gasteiger partial charge >= 0.3 is 0 Å². The first kappa shape index (κ1) is 7.88. The van der Waals surface area contributed by atoms with E-state index in [2.05, 4.69) is 0 Å². The molecule has 0 amide bonds. The third-order valence-corrected chi connectivity index (χ3v) is 0.825. The zero-order chi connectivity index (χ0) is 6.57. The molecule has 0 saturated heterocycles. The van der Waals surface area contributed by atoms with Crippen LogP contribution in [0.5, 0.6) is 0 Å². The summed E-state index contributed by atoms with van der Waals surface area (Å²) in [4.78, 5) is 1.83. The number of nitrogens with zero attached hydrogens (tertiary/aromatic N) is 1. The lowest BCUT2D eigenvalue weighted by atomic mass is 11.1. The van der Waals surface area contributed by atoms with Gasteiger partial charge < -0.3 is 9.47 Å². The van der Waals surface area contributed by atoms with Crippen LogP contribution in [0.2, 0.25) is 0 Å². The average Bonchev–Trinajstić information content (AvgIpc) is 1.69. The van der Waals surface area contributed by atoms with Gasteiger partial charge in [-0.05, 0) is 14.1 Å². The monoisotopic (exact) mass is 120 g/mol. The molecular formula is C5H13NO2. The Morgan fingerprint density at radius 1 is 1.12 bits per heavy atom. The van der Waals surface area contributed by atoms with Crippen LogP contribution < -0.4 is 0 Å². The Balaban J connectivity index is 3.35. The Labute approximate surface area is 50.2 Å². The Hall–Kier alpha value is -0.120. The van der Waals surface area contributed by atoms with Crippen molar-refractivity contribution in [2.24, 2.45) is 0 Å². The molecule has 0 unspecified atom stereocenters. The molecule has 0 fully saturated rings. The Kier molecular flexibility index (Phi) is 3.77. The van der Waals surface area contributed by atoms with Crippen molar-refractivity contribution in [3.63, 3.8) is 0 Å². The van der Waals surface area contributed by atoms with E-state index in [9.17, 15) is 0 Å². The maximum atomic E-state index is 4.86. The van der Waals surface area contributed by atoms with Gasteiger partial charge in [0.25, 0.3) is 0 Å². The molecule has 0 atom stereocenters. The third-order valence-electron chi connectivity index (χ3n) is 0.825. The maximum Gasteiger partial charge on any atom is 0.217 e. The molecule has 0 aromatic heterocycles. The van der Waals surface area contributed by atoms with Crippen molar-refractivity contribution in [2.75, 3.05) is 28.3 Å². The molecule has 0 rings (SSSR count). The summed E-state index contributed by atoms with van der Waals surface area (Å²) in [6.45, 7) is 0. The second-order valence-electron chi connectivity index (χ2n) is 1.74. The maximum absolute atomic E-state index is 4.86. The molecule has 0 spiro atoms. The van der Waals surface area contributed by atoms with Gasteiger partial charge in [-0.1, -0.05) is 0 Å². The summed E-state index contributed by atoms with van der Waals surface area (Å²) >= 11 is 0. The summed E-state index contributed by atoms with van der Waals surface area (Å²) in [6, 6.07) is 0. The molecule has 8 heavy (non-hydrogen) atoms. The van der Waals surface area contributed by atoms with Crippen molar-refractivity contribution >= 4 is 0 Å². The van der Waals surface area contributed by atoms with Crippen molar-refractivity contribution in [1.82, 2.24) is 4.90 Å². The standard InChI is InChI=1S/C5H13NO2/c1-6(2)5(7-3)8-4/h5H,1-4H3/i5+1. The zero-order valence-electron chi connectivity index (χ0n) is 5.84. The molecule has 0 radical (unpaired) electrons. The van der Waals surface area contributed by atoms with Crippen LogP contribution in [0.1, 0.15) is 0 Å². The highest BCUT2D eigenvalue weighted by Gasteiger charge is 2.04. The normalized spacial score (nSPS) is 11.2. The highest BCUT2D eigenvalue weighted by Crippen LogP contribution is 1.91. The molecule has 3 nitrogen and oxygen atoms in total. The van der Waals surface area contributed by atoms with E-state index in [1.165, 1.54) is 0 Å². The minimum Gasteiger partial charge on any atom is -0.343 e. The van der Waals surface area contributed by atoms with Crippen LogP contribution in [-0.2, 0) is 9.47 Å². The number of hydrogen-bond donors (Lipinski definition) is 0. The zero-order valence-corrected chi connectivity index (χ0v) is 5.84. The van der Waals surface area contributed by atoms with Gasteiger partial charge in [0.05, 0.1) is 0 Å². The van der Waals surface area contributed by atoms with Crippen molar-refractivity contribution in [1.29, 1.82) is 0 Å². The molecule has 50 valence electrons. The molecule has 0 aliphatic rings. The molecule has 0 aromatic carbocycles. The summed E-state index contributed by atoms with van der Waals surface area (Å²) in [7, 11) is 6.98. The highest BCUT2D eigenvalue weighted by atomic mass is 16.8. The van der Waals surface area contributed by atoms with E-state index in [0.29, 0.717) is 0 Å². The predicted molar refractivity (Wildman–Crippen MR) is 31.5 cm³/mol. The van der Waals surface area contributed by atoms with Crippen LogP contribution in [0, 0.1) is 0 Å². The largest absolute Gasteiger partial charge is 0.343 e. The van der Waals surface area contributed by atoms with E-state index in [-0.39, 0.29) is 6.41 Å². The molecular weight excluding hydrogens is 107 g/mol. The fourth-order valence-electron chi connectivity index (χ4n) is 0.518. The topological polar surface area (TPSA) is 21.7 Å². The molecule has 0 N–H and O–H groups in total. The van der Waals surface area contributed by atoms with Crippen LogP contribution >= 0.6 is 0 Å².